The van der Waals surface area contributed by atoms with Crippen molar-refractivity contribution < 1.29 is 49.9 Å². The quantitative estimate of drug-likeness (QED) is 0.0642. The zero-order valence-corrected chi connectivity index (χ0v) is 57.1. The van der Waals surface area contributed by atoms with E-state index >= 15 is 0 Å². The summed E-state index contributed by atoms with van der Waals surface area (Å²) in [7, 11) is 4.81. The van der Waals surface area contributed by atoms with Crippen LogP contribution in [0, 0.1) is 25.5 Å². The summed E-state index contributed by atoms with van der Waals surface area (Å²) in [5.41, 5.74) is 4.47. The lowest BCUT2D eigenvalue weighted by Crippen LogP contribution is -2.46. The van der Waals surface area contributed by atoms with Gasteiger partial charge in [0.25, 0.3) is 6.43 Å². The summed E-state index contributed by atoms with van der Waals surface area (Å²) in [6.07, 6.45) is 6.95. The largest absolute Gasteiger partial charge is 0.434 e. The van der Waals surface area contributed by atoms with E-state index in [1.807, 2.05) is 25.7 Å². The Kier molecular flexibility index (Phi) is 19.2. The molecule has 0 N–H and O–H groups in total. The Labute approximate surface area is 577 Å². The van der Waals surface area contributed by atoms with Crippen molar-refractivity contribution >= 4 is 86.4 Å². The highest BCUT2D eigenvalue weighted by Crippen LogP contribution is 2.39. The van der Waals surface area contributed by atoms with E-state index in [9.17, 15) is 45.1 Å². The molecule has 3 saturated heterocycles. The number of nitrogens with zero attached hydrogens (tertiary/aromatic N) is 22. The van der Waals surface area contributed by atoms with Crippen LogP contribution in [0.3, 0.4) is 0 Å². The van der Waals surface area contributed by atoms with Gasteiger partial charge in [0, 0.05) is 114 Å². The van der Waals surface area contributed by atoms with E-state index < -0.39 is 41.4 Å². The summed E-state index contributed by atoms with van der Waals surface area (Å²) in [5, 5.41) is 26.9. The Balaban J connectivity index is 0.000000135. The van der Waals surface area contributed by atoms with Gasteiger partial charge in [0.1, 0.15) is 54.6 Å². The zero-order chi connectivity index (χ0) is 70.6. The van der Waals surface area contributed by atoms with Crippen molar-refractivity contribution in [2.24, 2.45) is 21.1 Å². The molecule has 520 valence electrons. The van der Waals surface area contributed by atoms with Crippen molar-refractivity contribution in [3.8, 4) is 32.4 Å². The molecule has 12 aromatic rings. The van der Waals surface area contributed by atoms with Gasteiger partial charge in [-0.3, -0.25) is 28.4 Å². The second kappa shape index (κ2) is 28.0. The van der Waals surface area contributed by atoms with Crippen LogP contribution in [-0.4, -0.2) is 162 Å². The van der Waals surface area contributed by atoms with Gasteiger partial charge in [-0.25, -0.2) is 51.0 Å². The van der Waals surface area contributed by atoms with Gasteiger partial charge in [-0.15, -0.1) is 38.0 Å². The van der Waals surface area contributed by atoms with E-state index in [4.69, 9.17) is 16.3 Å². The fourth-order valence-corrected chi connectivity index (χ4v) is 14.2. The molecule has 0 unspecified atom stereocenters. The van der Waals surface area contributed by atoms with Gasteiger partial charge in [0.15, 0.2) is 40.0 Å². The molecule has 12 aromatic heterocycles. The van der Waals surface area contributed by atoms with Crippen molar-refractivity contribution in [1.82, 2.24) is 93.1 Å². The minimum atomic E-state index is -4.54. The molecule has 0 aromatic carbocycles. The van der Waals surface area contributed by atoms with E-state index in [0.717, 1.165) is 91.0 Å². The van der Waals surface area contributed by atoms with Crippen molar-refractivity contribution in [2.45, 2.75) is 97.5 Å². The fraction of sp³-hybridized carbons (Fsp3) is 0.375. The molecule has 2 atom stereocenters. The maximum atomic E-state index is 15.0. The molecule has 15 rings (SSSR count). The number of fused-ring (bicyclic) bond motifs is 3. The molecule has 0 aliphatic carbocycles. The van der Waals surface area contributed by atoms with E-state index in [2.05, 4.69) is 75.3 Å². The van der Waals surface area contributed by atoms with E-state index in [1.165, 1.54) is 61.0 Å². The third-order valence-electron chi connectivity index (χ3n) is 16.9. The molecule has 3 fully saturated rings. The van der Waals surface area contributed by atoms with Crippen LogP contribution in [0.5, 0.6) is 0 Å². The zero-order valence-electron chi connectivity index (χ0n) is 54.7. The van der Waals surface area contributed by atoms with Crippen molar-refractivity contribution in [3.05, 3.63) is 146 Å². The molecule has 26 nitrogen and oxygen atoms in total. The predicted octanol–water partition coefficient (Wildman–Crippen LogP) is 10.7. The number of alkyl halides is 5. The van der Waals surface area contributed by atoms with Gasteiger partial charge in [-0.1, -0.05) is 11.6 Å². The highest BCUT2D eigenvalue weighted by molar-refractivity contribution is 7.19. The first-order valence-corrected chi connectivity index (χ1v) is 33.7. The molecule has 0 saturated carbocycles. The van der Waals surface area contributed by atoms with E-state index in [1.54, 1.807) is 62.3 Å². The molecule has 0 bridgehead atoms. The Morgan fingerprint density at radius 3 is 1.61 bits per heavy atom. The third-order valence-corrected chi connectivity index (χ3v) is 19.1. The molecule has 15 heterocycles. The number of ether oxygens (including phenoxy) is 1. The van der Waals surface area contributed by atoms with E-state index in [-0.39, 0.29) is 91.0 Å². The minimum absolute atomic E-state index is 0.00265. The predicted molar refractivity (Wildman–Crippen MR) is 355 cm³/mol. The number of anilines is 3. The second-order valence-electron chi connectivity index (χ2n) is 24.4. The van der Waals surface area contributed by atoms with Gasteiger partial charge in [0.2, 0.25) is 17.8 Å². The lowest BCUT2D eigenvalue weighted by molar-refractivity contribution is -0.140. The highest BCUT2D eigenvalue weighted by atomic mass is 35.5. The van der Waals surface area contributed by atoms with Crippen LogP contribution in [0.1, 0.15) is 117 Å². The number of carbonyl (C=O) groups is 3. The van der Waals surface area contributed by atoms with Crippen LogP contribution in [0.4, 0.5) is 48.6 Å². The molecule has 3 aliphatic rings. The standard InChI is InChI=1S/C22H21ClF3N7O2S.C22H23FN8O.C20H18F3N7OS/c1-10-7-32(8-11(2)35-10)22-28-16-5-12(14(24)9-33(16)30-22)4-15(34)18-13(6-27-31(18)3)21-29-17(20(25)26)19(23)36-21;1-13-10-24-14(2)26-20(13)16-11-25-29(3)21(16)18(32)8-15-9-19-27-22(30-6-4-5-7-30)28-31(19)12-17(15)23;1-28-17(13(10-24-28)18-25-15(11-32-18)20(21,22)23)14(31)8-12-4-7-30-16(9-12)26-19(27-30)29-5-2-3-6-29/h5-6,9-11,20H,4,7-8H2,1-3H3;9-12H,4-8H2,1-3H3;4,7,9-11H,2-3,5-6,8H2,1H3/t10-,11+;;. The highest BCUT2D eigenvalue weighted by Gasteiger charge is 2.35. The molecule has 3 aliphatic heterocycles. The van der Waals surface area contributed by atoms with Gasteiger partial charge >= 0.3 is 6.18 Å². The maximum absolute atomic E-state index is 15.0. The number of aromatic nitrogens is 19. The van der Waals surface area contributed by atoms with Crippen LogP contribution in [-0.2, 0) is 51.3 Å². The normalized spacial score (nSPS) is 15.8. The smallest absolute Gasteiger partial charge is 0.372 e. The summed E-state index contributed by atoms with van der Waals surface area (Å²) < 4.78 is 109. The van der Waals surface area contributed by atoms with Crippen molar-refractivity contribution in [2.75, 3.05) is 54.0 Å². The topological polar surface area (TPSA) is 266 Å². The second-order valence-corrected chi connectivity index (χ2v) is 26.8. The number of halogens is 8. The molecule has 36 heteroatoms. The number of carbonyl (C=O) groups excluding carboxylic acids is 3. The number of aryl methyl sites for hydroxylation is 5. The van der Waals surface area contributed by atoms with Crippen LogP contribution >= 0.6 is 34.3 Å². The number of Topliss-reactive ketones (excluding diaryl/α,β-unsaturated/α-hetero) is 3. The lowest BCUT2D eigenvalue weighted by atomic mass is 10.0. The van der Waals surface area contributed by atoms with Crippen LogP contribution in [0.25, 0.3) is 49.3 Å². The van der Waals surface area contributed by atoms with Gasteiger partial charge in [0.05, 0.1) is 60.0 Å². The number of hydrogen-bond acceptors (Lipinski definition) is 22. The number of rotatable bonds is 16. The average Bonchev–Trinajstić information content (AvgIpc) is 1.61. The first-order chi connectivity index (χ1) is 47.8. The fourth-order valence-electron chi connectivity index (χ4n) is 12.2. The van der Waals surface area contributed by atoms with Crippen LogP contribution < -0.4 is 14.7 Å². The number of morpholine rings is 1. The third kappa shape index (κ3) is 14.3. The average molecular weight is 1440 g/mol. The molecular weight excluding hydrogens is 1370 g/mol. The molecule has 100 heavy (non-hydrogen) atoms. The molecule has 0 spiro atoms. The summed E-state index contributed by atoms with van der Waals surface area (Å²) in [6.45, 7) is 12.5. The number of hydrogen-bond donors (Lipinski definition) is 0. The van der Waals surface area contributed by atoms with Crippen LogP contribution in [0.2, 0.25) is 4.34 Å². The van der Waals surface area contributed by atoms with Crippen LogP contribution in [0.15, 0.2) is 73.0 Å². The summed E-state index contributed by atoms with van der Waals surface area (Å²) in [6, 6.07) is 6.65. The van der Waals surface area contributed by atoms with Crippen molar-refractivity contribution in [3.63, 3.8) is 0 Å². The Bertz CT molecular complexity index is 5070. The summed E-state index contributed by atoms with van der Waals surface area (Å²) >= 11 is 7.56. The maximum Gasteiger partial charge on any atom is 0.434 e. The Morgan fingerprint density at radius 2 is 1.10 bits per heavy atom. The SMILES string of the molecule is C[C@@H]1CN(c2nc3cc(CC(=O)c4c(-c5nc(C(F)F)c(Cl)s5)cnn4C)c(F)cn3n2)C[C@H](C)O1.Cc1ncc(C)c(-c2cnn(C)c2C(=O)Cc2cc3nc(N4CCCC4)nn3cc2F)n1.Cn1ncc(-c2nc(C(F)(F)F)cs2)c1C(=O)Cc1ccn2nc(N3CCCC3)nc2c1. The van der Waals surface area contributed by atoms with E-state index in [0.29, 0.717) is 70.7 Å². The summed E-state index contributed by atoms with van der Waals surface area (Å²) in [4.78, 5) is 75.6. The Hall–Kier alpha value is -10.0. The number of ketones is 3. The molecular formula is C64H62ClF7N22O4S2. The number of pyridine rings is 3. The first-order valence-electron chi connectivity index (χ1n) is 31.6. The van der Waals surface area contributed by atoms with Gasteiger partial charge in [-0.2, -0.15) is 43.4 Å². The first kappa shape index (κ1) is 68.5. The van der Waals surface area contributed by atoms with Gasteiger partial charge < -0.3 is 19.4 Å². The molecule has 0 amide bonds. The molecule has 0 radical (unpaired) electrons. The summed E-state index contributed by atoms with van der Waals surface area (Å²) in [5.74, 6) is 0.199. The monoisotopic (exact) mass is 1430 g/mol. The minimum Gasteiger partial charge on any atom is -0.372 e. The number of thiazole rings is 2. The lowest BCUT2D eigenvalue weighted by Gasteiger charge is -2.34. The van der Waals surface area contributed by atoms with Crippen molar-refractivity contribution in [1.29, 1.82) is 0 Å². The Morgan fingerprint density at radius 1 is 0.620 bits per heavy atom. The van der Waals surface area contributed by atoms with Gasteiger partial charge in [-0.05, 0) is 88.8 Å².